The van der Waals surface area contributed by atoms with Crippen LogP contribution in [0.5, 0.6) is 5.75 Å². The van der Waals surface area contributed by atoms with Crippen LogP contribution in [-0.2, 0) is 14.3 Å². The van der Waals surface area contributed by atoms with E-state index in [4.69, 9.17) is 26.8 Å². The smallest absolute Gasteiger partial charge is 0.344 e. The normalized spacial score (nSPS) is 11.4. The van der Waals surface area contributed by atoms with Crippen LogP contribution in [0.25, 0.3) is 0 Å². The Kier molecular flexibility index (Phi) is 6.44. The molecule has 0 spiro atoms. The van der Waals surface area contributed by atoms with Crippen molar-refractivity contribution in [1.29, 1.82) is 0 Å². The minimum atomic E-state index is -1.16. The van der Waals surface area contributed by atoms with Gasteiger partial charge in [0.2, 0.25) is 0 Å². The molecular formula is C12H12BrClN2O5. The van der Waals surface area contributed by atoms with E-state index in [1.54, 1.807) is 23.5 Å². The Balaban J connectivity index is 2.47. The van der Waals surface area contributed by atoms with Crippen LogP contribution in [0.2, 0.25) is 5.02 Å². The number of esters is 1. The van der Waals surface area contributed by atoms with E-state index >= 15 is 0 Å². The van der Waals surface area contributed by atoms with E-state index in [9.17, 15) is 14.4 Å². The Morgan fingerprint density at radius 1 is 1.43 bits per heavy atom. The highest BCUT2D eigenvalue weighted by Gasteiger charge is 2.19. The second-order valence-corrected chi connectivity index (χ2v) is 5.14. The van der Waals surface area contributed by atoms with Crippen LogP contribution >= 0.6 is 27.5 Å². The number of urea groups is 1. The second kappa shape index (κ2) is 7.84. The largest absolute Gasteiger partial charge is 0.481 e. The van der Waals surface area contributed by atoms with E-state index < -0.39 is 30.6 Å². The number of imide groups is 1. The summed E-state index contributed by atoms with van der Waals surface area (Å²) in [7, 11) is 0. The van der Waals surface area contributed by atoms with Gasteiger partial charge in [0.15, 0.2) is 12.7 Å². The Morgan fingerprint density at radius 3 is 2.67 bits per heavy atom. The van der Waals surface area contributed by atoms with E-state index in [1.807, 2.05) is 0 Å². The number of ether oxygens (including phenoxy) is 2. The number of carbonyl (C=O) groups excluding carboxylic acids is 3. The van der Waals surface area contributed by atoms with Crippen LogP contribution in [0.4, 0.5) is 4.79 Å². The van der Waals surface area contributed by atoms with Crippen LogP contribution < -0.4 is 15.8 Å². The van der Waals surface area contributed by atoms with Gasteiger partial charge in [0, 0.05) is 5.02 Å². The van der Waals surface area contributed by atoms with Crippen molar-refractivity contribution in [1.82, 2.24) is 5.32 Å². The third-order valence-electron chi connectivity index (χ3n) is 2.16. The molecule has 21 heavy (non-hydrogen) atoms. The average molecular weight is 380 g/mol. The van der Waals surface area contributed by atoms with Crippen LogP contribution in [0, 0.1) is 0 Å². The topological polar surface area (TPSA) is 108 Å². The summed E-state index contributed by atoms with van der Waals surface area (Å²) in [6.45, 7) is 0.892. The van der Waals surface area contributed by atoms with Gasteiger partial charge in [0.25, 0.3) is 5.91 Å². The summed E-state index contributed by atoms with van der Waals surface area (Å²) in [6, 6.07) is 3.74. The van der Waals surface area contributed by atoms with Crippen molar-refractivity contribution in [3.05, 3.63) is 27.7 Å². The first-order chi connectivity index (χ1) is 9.79. The summed E-state index contributed by atoms with van der Waals surface area (Å²) in [5.74, 6) is -1.20. The zero-order valence-electron chi connectivity index (χ0n) is 10.9. The van der Waals surface area contributed by atoms with Crippen LogP contribution in [0.15, 0.2) is 22.7 Å². The molecule has 0 saturated carbocycles. The number of benzene rings is 1. The molecule has 0 fully saturated rings. The first kappa shape index (κ1) is 17.3. The molecule has 7 nitrogen and oxygen atoms in total. The quantitative estimate of drug-likeness (QED) is 0.756. The fraction of sp³-hybridized carbons (Fsp3) is 0.250. The van der Waals surface area contributed by atoms with Crippen molar-refractivity contribution < 1.29 is 23.9 Å². The van der Waals surface area contributed by atoms with Crippen molar-refractivity contribution >= 4 is 45.4 Å². The molecule has 1 atom stereocenters. The van der Waals surface area contributed by atoms with Crippen molar-refractivity contribution in [3.8, 4) is 5.75 Å². The highest BCUT2D eigenvalue weighted by Crippen LogP contribution is 2.27. The zero-order valence-corrected chi connectivity index (χ0v) is 13.2. The lowest BCUT2D eigenvalue weighted by atomic mass is 10.3. The summed E-state index contributed by atoms with van der Waals surface area (Å²) < 4.78 is 10.6. The molecule has 0 aliphatic heterocycles. The third kappa shape index (κ3) is 6.01. The fourth-order valence-corrected chi connectivity index (χ4v) is 2.03. The first-order valence-corrected chi connectivity index (χ1v) is 6.84. The van der Waals surface area contributed by atoms with Crippen LogP contribution in [-0.4, -0.2) is 30.6 Å². The monoisotopic (exact) mass is 378 g/mol. The summed E-state index contributed by atoms with van der Waals surface area (Å²) in [4.78, 5) is 33.3. The first-order valence-electron chi connectivity index (χ1n) is 5.67. The number of carbonyl (C=O) groups is 3. The number of hydrogen-bond acceptors (Lipinski definition) is 5. The predicted octanol–water partition coefficient (Wildman–Crippen LogP) is 1.61. The number of nitrogens with two attached hydrogens (primary N) is 1. The summed E-state index contributed by atoms with van der Waals surface area (Å²) in [5, 5.41) is 2.30. The van der Waals surface area contributed by atoms with E-state index in [0.717, 1.165) is 0 Å². The summed E-state index contributed by atoms with van der Waals surface area (Å²) >= 11 is 8.99. The van der Waals surface area contributed by atoms with Crippen LogP contribution in [0.3, 0.4) is 0 Å². The van der Waals surface area contributed by atoms with Crippen molar-refractivity contribution in [2.45, 2.75) is 13.0 Å². The molecule has 1 aromatic rings. The molecule has 0 bridgehead atoms. The van der Waals surface area contributed by atoms with E-state index in [2.05, 4.69) is 15.9 Å². The third-order valence-corrected chi connectivity index (χ3v) is 3.02. The summed E-state index contributed by atoms with van der Waals surface area (Å²) in [5.41, 5.74) is 4.77. The molecule has 114 valence electrons. The Labute approximate surface area is 133 Å². The lowest BCUT2D eigenvalue weighted by Gasteiger charge is -2.13. The second-order valence-electron chi connectivity index (χ2n) is 3.85. The van der Waals surface area contributed by atoms with Crippen molar-refractivity contribution in [2.24, 2.45) is 5.73 Å². The number of halogens is 2. The minimum absolute atomic E-state index is 0.394. The molecule has 0 radical (unpaired) electrons. The minimum Gasteiger partial charge on any atom is -0.481 e. The molecule has 1 aromatic carbocycles. The molecule has 3 N–H and O–H groups in total. The maximum atomic E-state index is 11.5. The molecule has 0 heterocycles. The van der Waals surface area contributed by atoms with Gasteiger partial charge in [-0.05, 0) is 41.1 Å². The van der Waals surface area contributed by atoms with E-state index in [1.165, 1.54) is 6.92 Å². The number of rotatable bonds is 5. The molecule has 0 aromatic heterocycles. The van der Waals surface area contributed by atoms with Crippen molar-refractivity contribution in [3.63, 3.8) is 0 Å². The highest BCUT2D eigenvalue weighted by atomic mass is 79.9. The number of primary amides is 1. The number of hydrogen-bond donors (Lipinski definition) is 2. The Morgan fingerprint density at radius 2 is 2.10 bits per heavy atom. The fourth-order valence-electron chi connectivity index (χ4n) is 1.24. The molecule has 0 saturated heterocycles. The van der Waals surface area contributed by atoms with Gasteiger partial charge in [-0.1, -0.05) is 11.6 Å². The van der Waals surface area contributed by atoms with Gasteiger partial charge in [0.05, 0.1) is 4.47 Å². The van der Waals surface area contributed by atoms with Gasteiger partial charge in [-0.25, -0.2) is 9.59 Å². The predicted molar refractivity (Wildman–Crippen MR) is 77.9 cm³/mol. The molecule has 0 aliphatic rings. The Bertz CT molecular complexity index is 567. The number of nitrogens with one attached hydrogen (secondary N) is 1. The van der Waals surface area contributed by atoms with Gasteiger partial charge < -0.3 is 15.2 Å². The lowest BCUT2D eigenvalue weighted by molar-refractivity contribution is -0.156. The summed E-state index contributed by atoms with van der Waals surface area (Å²) in [6.07, 6.45) is -1.16. The SMILES string of the molecule is C[C@H](OC(=O)COc1ccc(Cl)cc1Br)C(=O)NC(N)=O. The maximum Gasteiger partial charge on any atom is 0.344 e. The van der Waals surface area contributed by atoms with Crippen molar-refractivity contribution in [2.75, 3.05) is 6.61 Å². The standard InChI is InChI=1S/C12H12BrClN2O5/c1-6(11(18)16-12(15)19)21-10(17)5-20-9-3-2-7(14)4-8(9)13/h2-4,6H,5H2,1H3,(H3,15,16,18,19)/t6-/m0/s1. The maximum absolute atomic E-state index is 11.5. The van der Waals surface area contributed by atoms with Gasteiger partial charge in [-0.2, -0.15) is 0 Å². The van der Waals surface area contributed by atoms with Gasteiger partial charge in [0.1, 0.15) is 5.75 Å². The molecule has 3 amide bonds. The molecule has 9 heteroatoms. The van der Waals surface area contributed by atoms with E-state index in [0.29, 0.717) is 15.2 Å². The lowest BCUT2D eigenvalue weighted by Crippen LogP contribution is -2.42. The number of amides is 3. The van der Waals surface area contributed by atoms with Gasteiger partial charge in [-0.3, -0.25) is 10.1 Å². The van der Waals surface area contributed by atoms with Gasteiger partial charge >= 0.3 is 12.0 Å². The van der Waals surface area contributed by atoms with Gasteiger partial charge in [-0.15, -0.1) is 0 Å². The zero-order chi connectivity index (χ0) is 16.0. The molecule has 0 unspecified atom stereocenters. The van der Waals surface area contributed by atoms with E-state index in [-0.39, 0.29) is 0 Å². The molecule has 1 rings (SSSR count). The van der Waals surface area contributed by atoms with Crippen LogP contribution in [0.1, 0.15) is 6.92 Å². The molecule has 0 aliphatic carbocycles. The average Bonchev–Trinajstić information content (AvgIpc) is 2.36. The Hall–Kier alpha value is -1.80. The molecular weight excluding hydrogens is 367 g/mol. The highest BCUT2D eigenvalue weighted by molar-refractivity contribution is 9.10.